The smallest absolute Gasteiger partial charge is 0.338 e. The molecule has 3 aromatic carbocycles. The van der Waals surface area contributed by atoms with Crippen LogP contribution in [-0.2, 0) is 47.0 Å². The van der Waals surface area contributed by atoms with Gasteiger partial charge in [0, 0.05) is 55.9 Å². The molecule has 1 amide bonds. The molecule has 2 unspecified atom stereocenters. The summed E-state index contributed by atoms with van der Waals surface area (Å²) in [4.78, 5) is 84.6. The monoisotopic (exact) mass is 1130 g/mol. The lowest BCUT2D eigenvalue weighted by molar-refractivity contribution is -0.281. The zero-order valence-electron chi connectivity index (χ0n) is 46.9. The van der Waals surface area contributed by atoms with Crippen molar-refractivity contribution in [3.63, 3.8) is 0 Å². The molecular weight excluding hydrogens is 1050 g/mol. The minimum absolute atomic E-state index is 0.0581. The van der Waals surface area contributed by atoms with E-state index < -0.39 is 92.7 Å². The molecule has 4 aromatic rings. The molecule has 21 heteroatoms. The van der Waals surface area contributed by atoms with E-state index in [1.165, 1.54) is 10.8 Å². The van der Waals surface area contributed by atoms with Crippen LogP contribution in [0.5, 0.6) is 0 Å². The van der Waals surface area contributed by atoms with Crippen molar-refractivity contribution >= 4 is 32.3 Å². The first-order valence-electron chi connectivity index (χ1n) is 27.7. The number of hydrogen-bond donors (Lipinski definition) is 2. The third kappa shape index (κ3) is 18.2. The molecule has 0 saturated carbocycles. The van der Waals surface area contributed by atoms with Crippen molar-refractivity contribution in [2.24, 2.45) is 5.92 Å². The molecule has 1 aromatic heterocycles. The van der Waals surface area contributed by atoms with Crippen LogP contribution < -0.4 is 16.6 Å². The van der Waals surface area contributed by atoms with Gasteiger partial charge in [0.2, 0.25) is 12.5 Å². The van der Waals surface area contributed by atoms with E-state index in [2.05, 4.69) is 47.5 Å². The number of rotatable bonds is 31. The zero-order chi connectivity index (χ0) is 57.6. The first-order chi connectivity index (χ1) is 38.6. The van der Waals surface area contributed by atoms with Crippen molar-refractivity contribution in [1.29, 1.82) is 0 Å². The van der Waals surface area contributed by atoms with E-state index in [9.17, 15) is 28.8 Å². The van der Waals surface area contributed by atoms with Crippen LogP contribution in [0.2, 0.25) is 0 Å². The van der Waals surface area contributed by atoms with Gasteiger partial charge in [0.25, 0.3) is 14.1 Å². The summed E-state index contributed by atoms with van der Waals surface area (Å²) in [6.45, 7) is 21.9. The van der Waals surface area contributed by atoms with Gasteiger partial charge in [-0.25, -0.2) is 30.4 Å². The van der Waals surface area contributed by atoms with Gasteiger partial charge < -0.3 is 52.4 Å². The molecule has 80 heavy (non-hydrogen) atoms. The average Bonchev–Trinajstić information content (AvgIpc) is 3.79. The number of esters is 3. The van der Waals surface area contributed by atoms with E-state index in [-0.39, 0.29) is 61.9 Å². The highest BCUT2D eigenvalue weighted by atomic mass is 31.2. The van der Waals surface area contributed by atoms with Gasteiger partial charge in [-0.05, 0) is 103 Å². The second-order valence-corrected chi connectivity index (χ2v) is 21.7. The number of aromatic amines is 1. The lowest BCUT2D eigenvalue weighted by Crippen LogP contribution is -2.58. The van der Waals surface area contributed by atoms with Gasteiger partial charge in [0.05, 0.1) is 22.8 Å². The van der Waals surface area contributed by atoms with Gasteiger partial charge in [-0.2, -0.15) is 0 Å². The van der Waals surface area contributed by atoms with Crippen LogP contribution in [0.4, 0.5) is 0 Å². The van der Waals surface area contributed by atoms with E-state index >= 15 is 0 Å². The fourth-order valence-electron chi connectivity index (χ4n) is 9.47. The highest BCUT2D eigenvalue weighted by molar-refractivity contribution is 7.44. The van der Waals surface area contributed by atoms with Gasteiger partial charge in [-0.15, -0.1) is 0 Å². The van der Waals surface area contributed by atoms with Crippen molar-refractivity contribution in [3.8, 4) is 0 Å². The average molecular weight is 1130 g/mol. The maximum absolute atomic E-state index is 13.6. The molecule has 10 atom stereocenters. The molecule has 6 rings (SSSR count). The molecule has 20 nitrogen and oxygen atoms in total. The Balaban J connectivity index is 0.993. The second-order valence-electron chi connectivity index (χ2n) is 20.3. The second kappa shape index (κ2) is 32.3. The summed E-state index contributed by atoms with van der Waals surface area (Å²) in [6, 6.07) is 25.3. The van der Waals surface area contributed by atoms with Gasteiger partial charge in [-0.1, -0.05) is 81.3 Å². The fourth-order valence-corrected chi connectivity index (χ4v) is 11.2. The third-order valence-electron chi connectivity index (χ3n) is 13.6. The van der Waals surface area contributed by atoms with Gasteiger partial charge in [0.1, 0.15) is 37.6 Å². The van der Waals surface area contributed by atoms with Gasteiger partial charge in [0.15, 0.2) is 18.6 Å². The number of carbonyl (C=O) groups is 4. The van der Waals surface area contributed by atoms with Crippen LogP contribution in [0.25, 0.3) is 4.85 Å². The van der Waals surface area contributed by atoms with Crippen molar-refractivity contribution in [2.75, 3.05) is 39.5 Å². The van der Waals surface area contributed by atoms with Crippen LogP contribution in [0.15, 0.2) is 107 Å². The maximum atomic E-state index is 13.6. The molecule has 2 fully saturated rings. The normalized spacial score (nSPS) is 22.2. The summed E-state index contributed by atoms with van der Waals surface area (Å²) in [5, 5.41) is 3.00. The minimum atomic E-state index is -1.67. The van der Waals surface area contributed by atoms with Crippen LogP contribution in [-0.4, -0.2) is 133 Å². The highest BCUT2D eigenvalue weighted by Crippen LogP contribution is 2.50. The van der Waals surface area contributed by atoms with Crippen molar-refractivity contribution in [2.45, 2.75) is 161 Å². The predicted molar refractivity (Wildman–Crippen MR) is 298 cm³/mol. The van der Waals surface area contributed by atoms with Crippen LogP contribution in [0.3, 0.4) is 0 Å². The molecule has 0 spiro atoms. The zero-order valence-corrected chi connectivity index (χ0v) is 47.8. The number of benzene rings is 3. The Morgan fingerprint density at radius 1 is 0.725 bits per heavy atom. The molecule has 2 saturated heterocycles. The Bertz CT molecular complexity index is 2720. The third-order valence-corrected chi connectivity index (χ3v) is 15.7. The summed E-state index contributed by atoms with van der Waals surface area (Å²) in [5.74, 6) is -2.72. The van der Waals surface area contributed by atoms with Crippen LogP contribution in [0, 0.1) is 19.4 Å². The Morgan fingerprint density at radius 3 is 1.90 bits per heavy atom. The number of nitrogens with one attached hydrogen (secondary N) is 2. The molecule has 0 bridgehead atoms. The maximum Gasteiger partial charge on any atom is 0.338 e. The SMILES string of the molecule is [C-]#[N+]CCOP(OC1[C@@H](CC)O[C@@H](n2cc(C)c(=O)[nH]c2=O)[C@H]1OCCCCCCNC(=O)CCCCO[C@@H]1O[C@H](COC(=O)c2ccccc2)[C@H](OC(=O)c2ccccc2)[C@H](OC(=O)c2ccccc2)[C@H]1C)N(C(C)C)C(C)C. The summed E-state index contributed by atoms with van der Waals surface area (Å²) in [5.41, 5.74) is 0.104. The van der Waals surface area contributed by atoms with Crippen LogP contribution >= 0.6 is 8.53 Å². The number of aryl methyl sites for hydroxylation is 1. The van der Waals surface area contributed by atoms with Crippen LogP contribution in [0.1, 0.15) is 136 Å². The molecule has 0 aliphatic carbocycles. The number of hydrogen-bond acceptors (Lipinski definition) is 16. The lowest BCUT2D eigenvalue weighted by atomic mass is 9.91. The molecule has 2 aliphatic rings. The standard InChI is InChI=1S/C59H78N5O15P/c1-9-46-51(79-80(74-36-33-60-8)64(39(2)3)40(4)5)52(54(75-46)63-37-41(6)53(66)62-59(63)70)71-34-23-11-10-22-32-61-48(65)31-21-24-35-72-58-42(7)49(77-56(68)44-27-17-13-18-28-44)50(78-57(69)45-29-19-14-20-30-45)47(76-58)38-73-55(67)43-25-15-12-16-26-43/h12-20,25-30,37,39-40,42,46-47,49-52,54,58H,9-11,21-24,31-36,38H2,1-7H3,(H,61,65)(H,62,66,70)/t42-,46-,47-,49-,50+,51?,52+,54-,58-,80?/m1/s1. The van der Waals surface area contributed by atoms with Gasteiger partial charge in [-0.3, -0.25) is 19.1 Å². The van der Waals surface area contributed by atoms with Gasteiger partial charge >= 0.3 is 23.6 Å². The van der Waals surface area contributed by atoms with E-state index in [1.807, 2.05) is 6.92 Å². The number of unbranched alkanes of at least 4 members (excludes halogenated alkanes) is 4. The molecule has 434 valence electrons. The van der Waals surface area contributed by atoms with E-state index in [1.54, 1.807) is 105 Å². The number of nitrogens with zero attached hydrogens (tertiary/aromatic N) is 3. The largest absolute Gasteiger partial charge is 0.459 e. The Morgan fingerprint density at radius 2 is 1.30 bits per heavy atom. The molecule has 2 aliphatic heterocycles. The number of amides is 1. The minimum Gasteiger partial charge on any atom is -0.459 e. The van der Waals surface area contributed by atoms with E-state index in [0.29, 0.717) is 50.0 Å². The number of H-pyrrole nitrogens is 1. The quantitative estimate of drug-likeness (QED) is 0.0158. The summed E-state index contributed by atoms with van der Waals surface area (Å²) >= 11 is 0. The van der Waals surface area contributed by atoms with Crippen molar-refractivity contribution in [3.05, 3.63) is 152 Å². The highest BCUT2D eigenvalue weighted by Gasteiger charge is 2.51. The summed E-state index contributed by atoms with van der Waals surface area (Å²) < 4.78 is 60.2. The first kappa shape index (κ1) is 63.0. The topological polar surface area (TPSA) is 226 Å². The molecule has 3 heterocycles. The molecule has 0 radical (unpaired) electrons. The van der Waals surface area contributed by atoms with Crippen molar-refractivity contribution in [1.82, 2.24) is 19.5 Å². The summed E-state index contributed by atoms with van der Waals surface area (Å²) in [7, 11) is -1.67. The lowest BCUT2D eigenvalue weighted by Gasteiger charge is -2.44. The number of carbonyl (C=O) groups excluding carboxylic acids is 4. The molecular formula is C59H78N5O15P. The van der Waals surface area contributed by atoms with E-state index in [0.717, 1.165) is 19.3 Å². The Hall–Kier alpha value is -6.14. The van der Waals surface area contributed by atoms with Crippen molar-refractivity contribution < 1.29 is 61.4 Å². The molecule has 2 N–H and O–H groups in total. The Labute approximate surface area is 469 Å². The van der Waals surface area contributed by atoms with E-state index in [4.69, 9.17) is 48.8 Å². The predicted octanol–water partition coefficient (Wildman–Crippen LogP) is 8.74. The number of ether oxygens (including phenoxy) is 7. The fraction of sp³-hybridized carbons (Fsp3) is 0.542. The summed E-state index contributed by atoms with van der Waals surface area (Å²) in [6.07, 6.45) is -0.773. The number of aromatic nitrogens is 2. The Kier molecular flexibility index (Phi) is 25.5. The first-order valence-corrected chi connectivity index (χ1v) is 28.8.